The van der Waals surface area contributed by atoms with Gasteiger partial charge in [0, 0.05) is 0 Å². The van der Waals surface area contributed by atoms with Crippen LogP contribution in [0.5, 0.6) is 0 Å². The molecule has 0 aliphatic carbocycles. The number of nitriles is 1. The Morgan fingerprint density at radius 3 is 2.56 bits per heavy atom. The van der Waals surface area contributed by atoms with E-state index in [-0.39, 0.29) is 11.5 Å². The van der Waals surface area contributed by atoms with Gasteiger partial charge >= 0.3 is 0 Å². The fourth-order valence-corrected chi connectivity index (χ4v) is 4.49. The molecule has 1 aromatic carbocycles. The molecule has 1 aliphatic heterocycles. The van der Waals surface area contributed by atoms with Gasteiger partial charge in [-0.15, -0.1) is 0 Å². The Kier molecular flexibility index (Phi) is 3.20. The molecule has 3 nitrogen and oxygen atoms in total. The lowest BCUT2D eigenvalue weighted by Gasteiger charge is -2.19. The highest BCUT2D eigenvalue weighted by molar-refractivity contribution is 7.91. The molecular formula is C14H17NO2S. The lowest BCUT2D eigenvalue weighted by Crippen LogP contribution is -2.23. The molecule has 1 fully saturated rings. The van der Waals surface area contributed by atoms with Gasteiger partial charge in [0.05, 0.1) is 23.0 Å². The SMILES string of the molecule is Cc1ccc(CC2(C#N)CCS(=O)(=O)C2)cc1C. The van der Waals surface area contributed by atoms with E-state index in [0.717, 1.165) is 5.56 Å². The van der Waals surface area contributed by atoms with Crippen LogP contribution in [0.2, 0.25) is 0 Å². The minimum absolute atomic E-state index is 0.00340. The van der Waals surface area contributed by atoms with Crippen molar-refractivity contribution in [2.75, 3.05) is 11.5 Å². The molecule has 1 atom stereocenters. The Balaban J connectivity index is 2.27. The summed E-state index contributed by atoms with van der Waals surface area (Å²) in [7, 11) is -3.03. The highest BCUT2D eigenvalue weighted by atomic mass is 32.2. The first-order valence-electron chi connectivity index (χ1n) is 6.04. The van der Waals surface area contributed by atoms with E-state index >= 15 is 0 Å². The molecule has 0 bridgehead atoms. The number of aryl methyl sites for hydroxylation is 2. The molecule has 0 spiro atoms. The molecule has 96 valence electrons. The van der Waals surface area contributed by atoms with Gasteiger partial charge in [-0.05, 0) is 43.4 Å². The molecule has 1 heterocycles. The molecule has 0 aromatic heterocycles. The number of benzene rings is 1. The smallest absolute Gasteiger partial charge is 0.151 e. The number of rotatable bonds is 2. The summed E-state index contributed by atoms with van der Waals surface area (Å²) in [5.74, 6) is 0.148. The van der Waals surface area contributed by atoms with Gasteiger partial charge in [0.25, 0.3) is 0 Å². The normalized spacial score (nSPS) is 25.8. The Morgan fingerprint density at radius 1 is 1.33 bits per heavy atom. The third-order valence-corrected chi connectivity index (χ3v) is 5.56. The predicted molar refractivity (Wildman–Crippen MR) is 70.9 cm³/mol. The van der Waals surface area contributed by atoms with Crippen LogP contribution in [0, 0.1) is 30.6 Å². The van der Waals surface area contributed by atoms with Crippen LogP contribution >= 0.6 is 0 Å². The maximum atomic E-state index is 11.6. The lowest BCUT2D eigenvalue weighted by atomic mass is 9.82. The largest absolute Gasteiger partial charge is 0.229 e. The van der Waals surface area contributed by atoms with Crippen LogP contribution in [-0.2, 0) is 16.3 Å². The molecule has 18 heavy (non-hydrogen) atoms. The predicted octanol–water partition coefficient (Wildman–Crippen LogP) is 2.17. The van der Waals surface area contributed by atoms with Crippen molar-refractivity contribution in [3.63, 3.8) is 0 Å². The molecule has 1 aromatic rings. The molecule has 1 aliphatic rings. The Hall–Kier alpha value is -1.34. The van der Waals surface area contributed by atoms with Crippen molar-refractivity contribution >= 4 is 9.84 Å². The maximum Gasteiger partial charge on any atom is 0.151 e. The number of hydrogen-bond acceptors (Lipinski definition) is 3. The topological polar surface area (TPSA) is 57.9 Å². The van der Waals surface area contributed by atoms with Crippen molar-refractivity contribution in [3.8, 4) is 6.07 Å². The summed E-state index contributed by atoms with van der Waals surface area (Å²) >= 11 is 0. The minimum Gasteiger partial charge on any atom is -0.229 e. The number of hydrogen-bond donors (Lipinski definition) is 0. The molecule has 1 unspecified atom stereocenters. The van der Waals surface area contributed by atoms with Crippen molar-refractivity contribution in [2.45, 2.75) is 26.7 Å². The third-order valence-electron chi connectivity index (χ3n) is 3.74. The molecule has 0 saturated carbocycles. The van der Waals surface area contributed by atoms with E-state index in [4.69, 9.17) is 0 Å². The minimum atomic E-state index is -3.03. The van der Waals surface area contributed by atoms with Crippen molar-refractivity contribution in [1.29, 1.82) is 5.26 Å². The molecular weight excluding hydrogens is 246 g/mol. The van der Waals surface area contributed by atoms with Crippen LogP contribution in [0.15, 0.2) is 18.2 Å². The molecule has 0 amide bonds. The van der Waals surface area contributed by atoms with Crippen LogP contribution in [0.1, 0.15) is 23.1 Å². The fraction of sp³-hybridized carbons (Fsp3) is 0.500. The van der Waals surface area contributed by atoms with Crippen molar-refractivity contribution in [2.24, 2.45) is 5.41 Å². The monoisotopic (exact) mass is 263 g/mol. The van der Waals surface area contributed by atoms with Crippen molar-refractivity contribution in [3.05, 3.63) is 34.9 Å². The molecule has 0 N–H and O–H groups in total. The van der Waals surface area contributed by atoms with E-state index in [1.165, 1.54) is 11.1 Å². The van der Waals surface area contributed by atoms with E-state index < -0.39 is 15.3 Å². The van der Waals surface area contributed by atoms with Gasteiger partial charge in [0.1, 0.15) is 0 Å². The summed E-state index contributed by atoms with van der Waals surface area (Å²) in [5, 5.41) is 9.32. The van der Waals surface area contributed by atoms with E-state index in [0.29, 0.717) is 12.8 Å². The molecule has 1 saturated heterocycles. The van der Waals surface area contributed by atoms with Gasteiger partial charge in [-0.1, -0.05) is 18.2 Å². The highest BCUT2D eigenvalue weighted by Gasteiger charge is 2.42. The summed E-state index contributed by atoms with van der Waals surface area (Å²) in [5.41, 5.74) is 2.72. The first-order chi connectivity index (χ1) is 8.36. The quantitative estimate of drug-likeness (QED) is 0.821. The average molecular weight is 263 g/mol. The maximum absolute atomic E-state index is 11.6. The van der Waals surface area contributed by atoms with Gasteiger partial charge in [-0.25, -0.2) is 8.42 Å². The van der Waals surface area contributed by atoms with Crippen LogP contribution in [-0.4, -0.2) is 19.9 Å². The number of sulfone groups is 1. The van der Waals surface area contributed by atoms with Gasteiger partial charge in [0.15, 0.2) is 9.84 Å². The summed E-state index contributed by atoms with van der Waals surface area (Å²) in [6.45, 7) is 4.07. The van der Waals surface area contributed by atoms with Crippen LogP contribution in [0.4, 0.5) is 0 Å². The second-order valence-electron chi connectivity index (χ2n) is 5.33. The van der Waals surface area contributed by atoms with Crippen LogP contribution < -0.4 is 0 Å². The van der Waals surface area contributed by atoms with Crippen LogP contribution in [0.25, 0.3) is 0 Å². The zero-order chi connectivity index (χ0) is 13.4. The summed E-state index contributed by atoms with van der Waals surface area (Å²) in [4.78, 5) is 0. The zero-order valence-electron chi connectivity index (χ0n) is 10.7. The summed E-state index contributed by atoms with van der Waals surface area (Å²) in [6.07, 6.45) is 0.989. The highest BCUT2D eigenvalue weighted by Crippen LogP contribution is 2.35. The Labute approximate surface area is 108 Å². The van der Waals surface area contributed by atoms with E-state index in [1.807, 2.05) is 26.0 Å². The first kappa shape index (κ1) is 13.1. The average Bonchev–Trinajstić information content (AvgIpc) is 2.60. The Morgan fingerprint density at radius 2 is 2.06 bits per heavy atom. The van der Waals surface area contributed by atoms with Gasteiger partial charge < -0.3 is 0 Å². The van der Waals surface area contributed by atoms with Gasteiger partial charge in [0.2, 0.25) is 0 Å². The fourth-order valence-electron chi connectivity index (χ4n) is 2.49. The molecule has 2 rings (SSSR count). The first-order valence-corrected chi connectivity index (χ1v) is 7.86. The second-order valence-corrected chi connectivity index (χ2v) is 7.51. The van der Waals surface area contributed by atoms with Crippen molar-refractivity contribution in [1.82, 2.24) is 0 Å². The summed E-state index contributed by atoms with van der Waals surface area (Å²) in [6, 6.07) is 8.31. The van der Waals surface area contributed by atoms with Crippen molar-refractivity contribution < 1.29 is 8.42 Å². The lowest BCUT2D eigenvalue weighted by molar-refractivity contribution is 0.451. The number of nitrogens with zero attached hydrogens (tertiary/aromatic N) is 1. The third kappa shape index (κ3) is 2.56. The summed E-state index contributed by atoms with van der Waals surface area (Å²) < 4.78 is 23.1. The zero-order valence-corrected chi connectivity index (χ0v) is 11.5. The Bertz CT molecular complexity index is 613. The molecule has 0 radical (unpaired) electrons. The van der Waals surface area contributed by atoms with Crippen LogP contribution in [0.3, 0.4) is 0 Å². The van der Waals surface area contributed by atoms with E-state index in [1.54, 1.807) is 0 Å². The van der Waals surface area contributed by atoms with E-state index in [2.05, 4.69) is 12.1 Å². The van der Waals surface area contributed by atoms with Gasteiger partial charge in [-0.3, -0.25) is 0 Å². The van der Waals surface area contributed by atoms with Gasteiger partial charge in [-0.2, -0.15) is 5.26 Å². The molecule has 4 heteroatoms. The second kappa shape index (κ2) is 4.40. The standard InChI is InChI=1S/C14H17NO2S/c1-11-3-4-13(7-12(11)2)8-14(9-15)5-6-18(16,17)10-14/h3-4,7H,5-6,8,10H2,1-2H3. The van der Waals surface area contributed by atoms with E-state index in [9.17, 15) is 13.7 Å².